The lowest BCUT2D eigenvalue weighted by Gasteiger charge is -2.10. The monoisotopic (exact) mass is 366 g/mol. The lowest BCUT2D eigenvalue weighted by Crippen LogP contribution is -2.20. The summed E-state index contributed by atoms with van der Waals surface area (Å²) in [6.45, 7) is 0. The van der Waals surface area contributed by atoms with Crippen molar-refractivity contribution in [1.82, 2.24) is 9.97 Å². The first-order chi connectivity index (χ1) is 13.1. The summed E-state index contributed by atoms with van der Waals surface area (Å²) in [6, 6.07) is 13.8. The van der Waals surface area contributed by atoms with Gasteiger partial charge in [0.1, 0.15) is 17.2 Å². The molecule has 3 rings (SSSR count). The van der Waals surface area contributed by atoms with Gasteiger partial charge in [-0.05, 0) is 36.4 Å². The van der Waals surface area contributed by atoms with E-state index in [2.05, 4.69) is 20.6 Å². The van der Waals surface area contributed by atoms with Crippen LogP contribution in [-0.2, 0) is 0 Å². The number of benzene rings is 2. The summed E-state index contributed by atoms with van der Waals surface area (Å²) in [7, 11) is 3.07. The number of nitrogens with one attached hydrogen (secondary N) is 3. The van der Waals surface area contributed by atoms with Gasteiger partial charge in [-0.2, -0.15) is 0 Å². The quantitative estimate of drug-likeness (QED) is 0.622. The Morgan fingerprint density at radius 3 is 2.37 bits per heavy atom. The molecule has 1 aromatic heterocycles. The Hall–Kier alpha value is -3.81. The van der Waals surface area contributed by atoms with Gasteiger partial charge in [-0.25, -0.2) is 4.98 Å². The molecule has 3 aromatic rings. The summed E-state index contributed by atoms with van der Waals surface area (Å²) in [5, 5.41) is 5.40. The highest BCUT2D eigenvalue weighted by Crippen LogP contribution is 2.24. The first-order valence-electron chi connectivity index (χ1n) is 8.05. The molecular weight excluding hydrogens is 348 g/mol. The molecule has 0 saturated heterocycles. The normalized spacial score (nSPS) is 10.1. The second kappa shape index (κ2) is 8.05. The molecule has 3 N–H and O–H groups in total. The maximum atomic E-state index is 12.6. The van der Waals surface area contributed by atoms with Gasteiger partial charge in [0.2, 0.25) is 0 Å². The topological polar surface area (TPSA) is 105 Å². The van der Waals surface area contributed by atoms with Crippen LogP contribution in [0.4, 0.5) is 11.4 Å². The van der Waals surface area contributed by atoms with Crippen LogP contribution in [0.3, 0.4) is 0 Å². The van der Waals surface area contributed by atoms with Gasteiger partial charge in [-0.1, -0.05) is 12.1 Å². The highest BCUT2D eigenvalue weighted by atomic mass is 16.5. The number of methoxy groups -OCH3 is 2. The van der Waals surface area contributed by atoms with Gasteiger partial charge in [-0.15, -0.1) is 0 Å². The number of amides is 2. The minimum absolute atomic E-state index is 0.0155. The van der Waals surface area contributed by atoms with Gasteiger partial charge >= 0.3 is 0 Å². The fourth-order valence-corrected chi connectivity index (χ4v) is 2.44. The van der Waals surface area contributed by atoms with E-state index in [0.29, 0.717) is 22.9 Å². The van der Waals surface area contributed by atoms with E-state index in [9.17, 15) is 9.59 Å². The number of ether oxygens (including phenoxy) is 2. The fraction of sp³-hybridized carbons (Fsp3) is 0.105. The number of hydrogen-bond acceptors (Lipinski definition) is 5. The molecule has 0 spiro atoms. The van der Waals surface area contributed by atoms with E-state index in [1.165, 1.54) is 13.4 Å². The van der Waals surface area contributed by atoms with Gasteiger partial charge in [0.05, 0.1) is 26.2 Å². The summed E-state index contributed by atoms with van der Waals surface area (Å²) in [5.41, 5.74) is 1.08. The highest BCUT2D eigenvalue weighted by Gasteiger charge is 2.21. The van der Waals surface area contributed by atoms with Gasteiger partial charge in [0.25, 0.3) is 11.8 Å². The van der Waals surface area contributed by atoms with Gasteiger partial charge in [0.15, 0.2) is 5.69 Å². The molecule has 2 aromatic carbocycles. The van der Waals surface area contributed by atoms with Crippen LogP contribution in [0.15, 0.2) is 54.9 Å². The Kier molecular flexibility index (Phi) is 5.36. The average Bonchev–Trinajstić information content (AvgIpc) is 3.19. The van der Waals surface area contributed by atoms with E-state index in [0.717, 1.165) is 0 Å². The predicted molar refractivity (Wildman–Crippen MR) is 100 cm³/mol. The average molecular weight is 366 g/mol. The first kappa shape index (κ1) is 18.0. The van der Waals surface area contributed by atoms with E-state index in [1.807, 2.05) is 0 Å². The van der Waals surface area contributed by atoms with E-state index in [4.69, 9.17) is 9.47 Å². The Morgan fingerprint density at radius 1 is 0.926 bits per heavy atom. The summed E-state index contributed by atoms with van der Waals surface area (Å²) >= 11 is 0. The lowest BCUT2D eigenvalue weighted by atomic mass is 10.2. The molecule has 2 amide bonds. The number of imidazole rings is 1. The minimum Gasteiger partial charge on any atom is -0.497 e. The summed E-state index contributed by atoms with van der Waals surface area (Å²) < 4.78 is 10.3. The minimum atomic E-state index is -0.508. The molecule has 0 unspecified atom stereocenters. The number of aromatic amines is 1. The van der Waals surface area contributed by atoms with Crippen molar-refractivity contribution >= 4 is 23.2 Å². The van der Waals surface area contributed by atoms with Crippen LogP contribution in [0, 0.1) is 0 Å². The van der Waals surface area contributed by atoms with E-state index < -0.39 is 11.8 Å². The number of carbonyl (C=O) groups excluding carboxylic acids is 2. The van der Waals surface area contributed by atoms with Crippen molar-refractivity contribution in [3.63, 3.8) is 0 Å². The maximum absolute atomic E-state index is 12.6. The Bertz CT molecular complexity index is 950. The predicted octanol–water partition coefficient (Wildman–Crippen LogP) is 2.93. The molecule has 0 radical (unpaired) electrons. The Balaban J connectivity index is 1.76. The molecule has 0 atom stereocenters. The largest absolute Gasteiger partial charge is 0.497 e. The van der Waals surface area contributed by atoms with Crippen LogP contribution < -0.4 is 20.1 Å². The van der Waals surface area contributed by atoms with Crippen molar-refractivity contribution in [2.75, 3.05) is 24.9 Å². The maximum Gasteiger partial charge on any atom is 0.276 e. The highest BCUT2D eigenvalue weighted by molar-refractivity contribution is 6.13. The van der Waals surface area contributed by atoms with Crippen LogP contribution in [0.25, 0.3) is 0 Å². The molecule has 1 heterocycles. The number of aromatic nitrogens is 2. The smallest absolute Gasteiger partial charge is 0.276 e. The number of H-pyrrole nitrogens is 1. The molecule has 27 heavy (non-hydrogen) atoms. The molecule has 138 valence electrons. The van der Waals surface area contributed by atoms with Crippen LogP contribution in [0.2, 0.25) is 0 Å². The van der Waals surface area contributed by atoms with Crippen LogP contribution >= 0.6 is 0 Å². The number of rotatable bonds is 6. The third kappa shape index (κ3) is 4.06. The number of anilines is 2. The van der Waals surface area contributed by atoms with E-state index >= 15 is 0 Å². The third-order valence-electron chi connectivity index (χ3n) is 3.78. The number of nitrogens with zero attached hydrogens (tertiary/aromatic N) is 1. The van der Waals surface area contributed by atoms with Crippen molar-refractivity contribution in [2.45, 2.75) is 0 Å². The standard InChI is InChI=1S/C19H18N4O4/c1-26-13-9-7-12(8-10-13)22-18(24)16-17(21-11-20-16)19(25)23-14-5-3-4-6-15(14)27-2/h3-11H,1-2H3,(H,20,21)(H,22,24)(H,23,25). The zero-order valence-corrected chi connectivity index (χ0v) is 14.8. The molecule has 0 aliphatic rings. The number of carbonyl (C=O) groups is 2. The summed E-state index contributed by atoms with van der Waals surface area (Å²) in [5.74, 6) is 0.169. The SMILES string of the molecule is COc1ccc(NC(=O)c2nc[nH]c2C(=O)Nc2ccccc2OC)cc1. The van der Waals surface area contributed by atoms with E-state index in [-0.39, 0.29) is 11.4 Å². The lowest BCUT2D eigenvalue weighted by molar-refractivity contribution is 0.0985. The molecule has 8 nitrogen and oxygen atoms in total. The summed E-state index contributed by atoms with van der Waals surface area (Å²) in [6.07, 6.45) is 1.29. The van der Waals surface area contributed by atoms with Gasteiger partial charge in [0, 0.05) is 5.69 Å². The van der Waals surface area contributed by atoms with Crippen LogP contribution in [0.1, 0.15) is 21.0 Å². The van der Waals surface area contributed by atoms with Crippen molar-refractivity contribution in [3.8, 4) is 11.5 Å². The van der Waals surface area contributed by atoms with Gasteiger partial charge in [-0.3, -0.25) is 9.59 Å². The Morgan fingerprint density at radius 2 is 1.67 bits per heavy atom. The Labute approximate surface area is 155 Å². The fourth-order valence-electron chi connectivity index (χ4n) is 2.44. The van der Waals surface area contributed by atoms with Crippen LogP contribution in [-0.4, -0.2) is 36.0 Å². The number of para-hydroxylation sites is 2. The van der Waals surface area contributed by atoms with Gasteiger partial charge < -0.3 is 25.1 Å². The van der Waals surface area contributed by atoms with Crippen molar-refractivity contribution < 1.29 is 19.1 Å². The zero-order chi connectivity index (χ0) is 19.2. The molecule has 0 fully saturated rings. The van der Waals surface area contributed by atoms with Crippen molar-refractivity contribution in [2.24, 2.45) is 0 Å². The molecule has 0 aliphatic heterocycles. The number of hydrogen-bond donors (Lipinski definition) is 3. The summed E-state index contributed by atoms with van der Waals surface area (Å²) in [4.78, 5) is 31.7. The second-order valence-corrected chi connectivity index (χ2v) is 5.46. The van der Waals surface area contributed by atoms with E-state index in [1.54, 1.807) is 55.6 Å². The van der Waals surface area contributed by atoms with Crippen molar-refractivity contribution in [3.05, 3.63) is 66.2 Å². The molecule has 8 heteroatoms. The molecular formula is C19H18N4O4. The van der Waals surface area contributed by atoms with Crippen LogP contribution in [0.5, 0.6) is 11.5 Å². The zero-order valence-electron chi connectivity index (χ0n) is 14.8. The molecule has 0 aliphatic carbocycles. The second-order valence-electron chi connectivity index (χ2n) is 5.46. The first-order valence-corrected chi connectivity index (χ1v) is 8.05. The molecule has 0 bridgehead atoms. The third-order valence-corrected chi connectivity index (χ3v) is 3.78. The molecule has 0 saturated carbocycles. The van der Waals surface area contributed by atoms with Crippen molar-refractivity contribution in [1.29, 1.82) is 0 Å².